The summed E-state index contributed by atoms with van der Waals surface area (Å²) < 4.78 is 5.11. The average molecular weight is 208 g/mol. The molecule has 0 radical (unpaired) electrons. The van der Waals surface area contributed by atoms with E-state index in [0.717, 1.165) is 0 Å². The third-order valence-electron chi connectivity index (χ3n) is 2.07. The van der Waals surface area contributed by atoms with E-state index in [-0.39, 0.29) is 22.4 Å². The molecule has 0 amide bonds. The summed E-state index contributed by atoms with van der Waals surface area (Å²) in [5.74, 6) is -0.623. The number of aromatic amines is 1. The number of carboxylic acid groups (broad SMARTS) is 1. The topological polar surface area (TPSA) is 96.2 Å². The van der Waals surface area contributed by atoms with E-state index in [1.807, 2.05) is 0 Å². The van der Waals surface area contributed by atoms with E-state index in [0.29, 0.717) is 5.82 Å². The van der Waals surface area contributed by atoms with Gasteiger partial charge in [0.15, 0.2) is 0 Å². The second kappa shape index (κ2) is 2.94. The van der Waals surface area contributed by atoms with Gasteiger partial charge in [0.1, 0.15) is 22.5 Å². The second-order valence-electron chi connectivity index (χ2n) is 3.17. The van der Waals surface area contributed by atoms with Gasteiger partial charge < -0.3 is 14.5 Å². The number of furan rings is 1. The molecule has 0 spiro atoms. The quantitative estimate of drug-likeness (QED) is 0.723. The largest absolute Gasteiger partial charge is 0.478 e. The van der Waals surface area contributed by atoms with Crippen LogP contribution in [-0.2, 0) is 0 Å². The molecule has 0 bridgehead atoms. The first kappa shape index (κ1) is 9.45. The van der Waals surface area contributed by atoms with Crippen molar-refractivity contribution in [3.63, 3.8) is 0 Å². The fraction of sp³-hybridized carbons (Fsp3) is 0.222. The maximum atomic E-state index is 11.5. The van der Waals surface area contributed by atoms with E-state index in [1.54, 1.807) is 6.92 Å². The summed E-state index contributed by atoms with van der Waals surface area (Å²) in [7, 11) is 0. The van der Waals surface area contributed by atoms with Gasteiger partial charge in [-0.2, -0.15) is 4.98 Å². The third-order valence-corrected chi connectivity index (χ3v) is 2.07. The van der Waals surface area contributed by atoms with Crippen LogP contribution in [-0.4, -0.2) is 21.0 Å². The van der Waals surface area contributed by atoms with Crippen LogP contribution in [0.1, 0.15) is 21.9 Å². The van der Waals surface area contributed by atoms with Crippen LogP contribution in [0.3, 0.4) is 0 Å². The van der Waals surface area contributed by atoms with Crippen LogP contribution in [0.5, 0.6) is 0 Å². The highest BCUT2D eigenvalue weighted by Crippen LogP contribution is 2.20. The highest BCUT2D eigenvalue weighted by atomic mass is 16.4. The Bertz CT molecular complexity index is 608. The first-order valence-electron chi connectivity index (χ1n) is 4.24. The van der Waals surface area contributed by atoms with E-state index >= 15 is 0 Å². The van der Waals surface area contributed by atoms with Crippen molar-refractivity contribution in [1.29, 1.82) is 0 Å². The van der Waals surface area contributed by atoms with Gasteiger partial charge in [0.25, 0.3) is 5.56 Å². The molecule has 2 aromatic rings. The number of carbonyl (C=O) groups is 1. The number of H-pyrrole nitrogens is 1. The highest BCUT2D eigenvalue weighted by Gasteiger charge is 2.21. The number of aryl methyl sites for hydroxylation is 2. The fourth-order valence-electron chi connectivity index (χ4n) is 1.48. The Morgan fingerprint density at radius 3 is 2.73 bits per heavy atom. The van der Waals surface area contributed by atoms with Gasteiger partial charge in [0.05, 0.1) is 0 Å². The Balaban J connectivity index is 3.00. The van der Waals surface area contributed by atoms with E-state index < -0.39 is 11.5 Å². The van der Waals surface area contributed by atoms with Crippen LogP contribution in [0.2, 0.25) is 0 Å². The summed E-state index contributed by atoms with van der Waals surface area (Å²) in [6.45, 7) is 3.08. The molecule has 0 saturated carbocycles. The molecular weight excluding hydrogens is 200 g/mol. The summed E-state index contributed by atoms with van der Waals surface area (Å²) >= 11 is 0. The molecule has 2 rings (SSSR count). The predicted molar refractivity (Wildman–Crippen MR) is 51.1 cm³/mol. The summed E-state index contributed by atoms with van der Waals surface area (Å²) in [5, 5.41) is 8.90. The summed E-state index contributed by atoms with van der Waals surface area (Å²) in [4.78, 5) is 28.8. The molecule has 0 aliphatic rings. The monoisotopic (exact) mass is 208 g/mol. The minimum atomic E-state index is -1.19. The number of rotatable bonds is 1. The van der Waals surface area contributed by atoms with Crippen molar-refractivity contribution in [2.24, 2.45) is 0 Å². The number of nitrogens with zero attached hydrogens (tertiary/aromatic N) is 1. The van der Waals surface area contributed by atoms with Crippen molar-refractivity contribution in [2.45, 2.75) is 13.8 Å². The molecule has 0 atom stereocenters. The first-order valence-corrected chi connectivity index (χ1v) is 4.24. The number of nitrogens with one attached hydrogen (secondary N) is 1. The standard InChI is InChI=1S/C9H8N2O4/c1-3-5(9(13)14)6-7(12)10-4(2)11-8(6)15-3/h1-2H3,(H,13,14)(H,10,11,12). The van der Waals surface area contributed by atoms with Crippen molar-refractivity contribution in [3.8, 4) is 0 Å². The van der Waals surface area contributed by atoms with Crippen LogP contribution in [0.15, 0.2) is 9.21 Å². The molecule has 0 aliphatic carbocycles. The van der Waals surface area contributed by atoms with Crippen LogP contribution in [0.25, 0.3) is 11.1 Å². The summed E-state index contributed by atoms with van der Waals surface area (Å²) in [6.07, 6.45) is 0. The molecule has 6 heteroatoms. The zero-order chi connectivity index (χ0) is 11.2. The molecule has 0 unspecified atom stereocenters. The predicted octanol–water partition coefficient (Wildman–Crippen LogP) is 0.831. The average Bonchev–Trinajstić information content (AvgIpc) is 2.40. The van der Waals surface area contributed by atoms with E-state index in [9.17, 15) is 9.59 Å². The van der Waals surface area contributed by atoms with Gasteiger partial charge in [0, 0.05) is 0 Å². The SMILES string of the molecule is Cc1nc2oc(C)c(C(=O)O)c2c(=O)[nH]1. The Kier molecular flexibility index (Phi) is 1.85. The van der Waals surface area contributed by atoms with E-state index in [1.165, 1.54) is 6.92 Å². The molecular formula is C9H8N2O4. The smallest absolute Gasteiger partial charge is 0.340 e. The van der Waals surface area contributed by atoms with Gasteiger partial charge in [-0.3, -0.25) is 4.79 Å². The van der Waals surface area contributed by atoms with Crippen molar-refractivity contribution in [3.05, 3.63) is 27.5 Å². The van der Waals surface area contributed by atoms with Crippen molar-refractivity contribution >= 4 is 17.1 Å². The van der Waals surface area contributed by atoms with Gasteiger partial charge in [-0.25, -0.2) is 4.79 Å². The normalized spacial score (nSPS) is 10.8. The number of aromatic carboxylic acids is 1. The van der Waals surface area contributed by atoms with Gasteiger partial charge in [-0.05, 0) is 13.8 Å². The molecule has 2 heterocycles. The fourth-order valence-corrected chi connectivity index (χ4v) is 1.48. The molecule has 2 N–H and O–H groups in total. The Labute approximate surface area is 83.6 Å². The number of aromatic nitrogens is 2. The Hall–Kier alpha value is -2.11. The molecule has 15 heavy (non-hydrogen) atoms. The lowest BCUT2D eigenvalue weighted by Crippen LogP contribution is -2.11. The van der Waals surface area contributed by atoms with Crippen LogP contribution < -0.4 is 5.56 Å². The number of hydrogen-bond donors (Lipinski definition) is 2. The molecule has 6 nitrogen and oxygen atoms in total. The number of carboxylic acids is 1. The van der Waals surface area contributed by atoms with Gasteiger partial charge >= 0.3 is 5.97 Å². The lowest BCUT2D eigenvalue weighted by atomic mass is 10.2. The molecule has 0 fully saturated rings. The highest BCUT2D eigenvalue weighted by molar-refractivity contribution is 6.02. The van der Waals surface area contributed by atoms with Crippen LogP contribution >= 0.6 is 0 Å². The third kappa shape index (κ3) is 1.30. The maximum absolute atomic E-state index is 11.5. The van der Waals surface area contributed by atoms with Gasteiger partial charge in [-0.1, -0.05) is 0 Å². The van der Waals surface area contributed by atoms with Gasteiger partial charge in [0.2, 0.25) is 5.71 Å². The molecule has 2 aromatic heterocycles. The van der Waals surface area contributed by atoms with E-state index in [4.69, 9.17) is 9.52 Å². The van der Waals surface area contributed by atoms with Crippen LogP contribution in [0.4, 0.5) is 0 Å². The van der Waals surface area contributed by atoms with Crippen LogP contribution in [0, 0.1) is 13.8 Å². The summed E-state index contributed by atoms with van der Waals surface area (Å²) in [6, 6.07) is 0. The minimum Gasteiger partial charge on any atom is -0.478 e. The molecule has 0 aliphatic heterocycles. The van der Waals surface area contributed by atoms with Crippen molar-refractivity contribution in [2.75, 3.05) is 0 Å². The van der Waals surface area contributed by atoms with Crippen molar-refractivity contribution < 1.29 is 14.3 Å². The Morgan fingerprint density at radius 2 is 2.13 bits per heavy atom. The first-order chi connectivity index (χ1) is 7.00. The molecule has 0 saturated heterocycles. The van der Waals surface area contributed by atoms with E-state index in [2.05, 4.69) is 9.97 Å². The minimum absolute atomic E-state index is 0.00870. The number of hydrogen-bond acceptors (Lipinski definition) is 4. The second-order valence-corrected chi connectivity index (χ2v) is 3.17. The maximum Gasteiger partial charge on any atom is 0.340 e. The lowest BCUT2D eigenvalue weighted by molar-refractivity contribution is 0.0697. The van der Waals surface area contributed by atoms with Crippen molar-refractivity contribution in [1.82, 2.24) is 9.97 Å². The number of fused-ring (bicyclic) bond motifs is 1. The zero-order valence-electron chi connectivity index (χ0n) is 8.12. The Morgan fingerprint density at radius 1 is 1.47 bits per heavy atom. The zero-order valence-corrected chi connectivity index (χ0v) is 8.12. The lowest BCUT2D eigenvalue weighted by Gasteiger charge is -1.91. The van der Waals surface area contributed by atoms with Gasteiger partial charge in [-0.15, -0.1) is 0 Å². The molecule has 78 valence electrons. The molecule has 0 aromatic carbocycles. The summed E-state index contributed by atoms with van der Waals surface area (Å²) in [5.41, 5.74) is -0.559.